The van der Waals surface area contributed by atoms with Crippen molar-refractivity contribution in [1.29, 1.82) is 0 Å². The van der Waals surface area contributed by atoms with Gasteiger partial charge < -0.3 is 20.1 Å². The number of halogens is 2. The highest BCUT2D eigenvalue weighted by molar-refractivity contribution is 7.90. The van der Waals surface area contributed by atoms with Gasteiger partial charge in [-0.2, -0.15) is 0 Å². The Kier molecular flexibility index (Phi) is 9.01. The van der Waals surface area contributed by atoms with Crippen LogP contribution in [-0.4, -0.2) is 49.9 Å². The van der Waals surface area contributed by atoms with Crippen molar-refractivity contribution in [2.45, 2.75) is 29.7 Å². The number of benzene rings is 3. The minimum absolute atomic E-state index is 0.00188. The Labute approximate surface area is 247 Å². The molecule has 3 aromatic rings. The molecular weight excluding hydrogens is 612 g/mol. The van der Waals surface area contributed by atoms with Crippen LogP contribution >= 0.6 is 30.6 Å². The Hall–Kier alpha value is -3.14. The first-order chi connectivity index (χ1) is 19.2. The number of carbonyl (C=O) groups excluding carboxylic acids is 1. The maximum absolute atomic E-state index is 13.5. The van der Waals surface area contributed by atoms with Crippen LogP contribution in [0.3, 0.4) is 0 Å². The number of nitrogens with one attached hydrogen (secondary N) is 1. The number of aliphatic carboxylic acids is 1. The topological polar surface area (TPSA) is 147 Å². The van der Waals surface area contributed by atoms with Crippen molar-refractivity contribution in [1.82, 2.24) is 5.32 Å². The molecule has 13 heteroatoms. The van der Waals surface area contributed by atoms with Gasteiger partial charge in [0.05, 0.1) is 20.5 Å². The third-order valence-corrected chi connectivity index (χ3v) is 11.0. The van der Waals surface area contributed by atoms with E-state index in [1.165, 1.54) is 49.6 Å². The van der Waals surface area contributed by atoms with Crippen molar-refractivity contribution in [3.8, 4) is 5.75 Å². The van der Waals surface area contributed by atoms with Gasteiger partial charge in [-0.3, -0.25) is 9.36 Å². The Bertz CT molecular complexity index is 1700. The molecule has 4 rings (SSSR count). The number of sulfone groups is 1. The zero-order valence-corrected chi connectivity index (χ0v) is 25.1. The number of carboxylic acid groups (broad SMARTS) is 1. The van der Waals surface area contributed by atoms with E-state index in [9.17, 15) is 32.8 Å². The van der Waals surface area contributed by atoms with Crippen molar-refractivity contribution in [2.24, 2.45) is 0 Å². The second kappa shape index (κ2) is 12.0. The van der Waals surface area contributed by atoms with Crippen LogP contribution < -0.4 is 10.6 Å². The van der Waals surface area contributed by atoms with Gasteiger partial charge in [-0.25, -0.2) is 13.2 Å². The second-order valence-corrected chi connectivity index (χ2v) is 15.0. The van der Waals surface area contributed by atoms with E-state index < -0.39 is 35.1 Å². The van der Waals surface area contributed by atoms with Crippen LogP contribution in [0.15, 0.2) is 76.9 Å². The molecule has 2 unspecified atom stereocenters. The number of hydrogen-bond acceptors (Lipinski definition) is 7. The Morgan fingerprint density at radius 2 is 1.73 bits per heavy atom. The summed E-state index contributed by atoms with van der Waals surface area (Å²) in [5.41, 5.74) is 0.949. The maximum Gasteiger partial charge on any atom is 0.326 e. The summed E-state index contributed by atoms with van der Waals surface area (Å²) in [6.45, 7) is 0. The van der Waals surface area contributed by atoms with Gasteiger partial charge in [-0.05, 0) is 60.0 Å². The summed E-state index contributed by atoms with van der Waals surface area (Å²) < 4.78 is 42.6. The van der Waals surface area contributed by atoms with Gasteiger partial charge in [0.15, 0.2) is 9.84 Å². The van der Waals surface area contributed by atoms with Gasteiger partial charge in [0.2, 0.25) is 0 Å². The average molecular weight is 638 g/mol. The summed E-state index contributed by atoms with van der Waals surface area (Å²) >= 11 is 12.9. The molecule has 0 aromatic heterocycles. The Balaban J connectivity index is 1.53. The molecule has 1 aliphatic carbocycles. The molecule has 0 radical (unpaired) electrons. The van der Waals surface area contributed by atoms with E-state index in [0.29, 0.717) is 28.2 Å². The smallest absolute Gasteiger partial charge is 0.326 e. The third kappa shape index (κ3) is 6.68. The van der Waals surface area contributed by atoms with Crippen LogP contribution in [0.5, 0.6) is 5.75 Å². The van der Waals surface area contributed by atoms with Crippen molar-refractivity contribution in [2.75, 3.05) is 13.4 Å². The Morgan fingerprint density at radius 1 is 1.10 bits per heavy atom. The molecule has 1 aliphatic rings. The van der Waals surface area contributed by atoms with E-state index in [-0.39, 0.29) is 38.6 Å². The molecule has 0 saturated carbocycles. The molecule has 9 nitrogen and oxygen atoms in total. The first-order valence-electron chi connectivity index (χ1n) is 12.2. The van der Waals surface area contributed by atoms with Crippen molar-refractivity contribution < 1.29 is 37.3 Å². The average Bonchev–Trinajstić information content (AvgIpc) is 2.86. The standard InChI is InChI=1S/C28H26Cl2NO8PS/c1-39-40(36,20-7-4-6-19(32)15-20)21-11-17(12-21)18-13-23(29)26(24(30)14-18)27(33)31-25(28(34)35)10-16-5-3-8-22(9-16)41(2,37)38/h3-9,11,13-15,17,25,32H,10,12H2,1-2H3,(H,31,33)(H,34,35)/t17?,25-,40?/m0/s1. The largest absolute Gasteiger partial charge is 0.508 e. The number of allylic oxidation sites excluding steroid dienone is 2. The lowest BCUT2D eigenvalue weighted by Gasteiger charge is -2.31. The quantitative estimate of drug-likeness (QED) is 0.259. The van der Waals surface area contributed by atoms with E-state index >= 15 is 0 Å². The molecule has 216 valence electrons. The van der Waals surface area contributed by atoms with E-state index in [0.717, 1.165) is 6.26 Å². The van der Waals surface area contributed by atoms with E-state index in [1.807, 2.05) is 0 Å². The summed E-state index contributed by atoms with van der Waals surface area (Å²) in [4.78, 5) is 25.0. The summed E-state index contributed by atoms with van der Waals surface area (Å²) in [6.07, 6.45) is 3.00. The lowest BCUT2D eigenvalue weighted by atomic mass is 9.87. The zero-order chi connectivity index (χ0) is 30.1. The van der Waals surface area contributed by atoms with Gasteiger partial charge in [0.1, 0.15) is 11.8 Å². The number of phenols is 1. The molecule has 0 saturated heterocycles. The van der Waals surface area contributed by atoms with Crippen LogP contribution in [0.25, 0.3) is 0 Å². The fourth-order valence-corrected chi connectivity index (χ4v) is 8.06. The molecule has 3 N–H and O–H groups in total. The van der Waals surface area contributed by atoms with Gasteiger partial charge in [0.25, 0.3) is 13.3 Å². The van der Waals surface area contributed by atoms with Crippen molar-refractivity contribution >= 4 is 57.6 Å². The number of rotatable bonds is 10. The predicted octanol–water partition coefficient (Wildman–Crippen LogP) is 5.15. The second-order valence-electron chi connectivity index (χ2n) is 9.57. The lowest BCUT2D eigenvalue weighted by molar-refractivity contribution is -0.139. The summed E-state index contributed by atoms with van der Waals surface area (Å²) in [5.74, 6) is -2.38. The number of aromatic hydroxyl groups is 1. The number of carbonyl (C=O) groups is 2. The molecular formula is C28H26Cl2NO8PS. The minimum atomic E-state index is -3.50. The van der Waals surface area contributed by atoms with Crippen molar-refractivity contribution in [3.05, 3.63) is 98.8 Å². The molecule has 3 atom stereocenters. The number of carboxylic acids is 1. The number of phenolic OH excluding ortho intramolecular Hbond substituents is 1. The molecule has 1 amide bonds. The first kappa shape index (κ1) is 30.8. The lowest BCUT2D eigenvalue weighted by Crippen LogP contribution is -2.42. The van der Waals surface area contributed by atoms with Gasteiger partial charge in [-0.1, -0.05) is 47.5 Å². The highest BCUT2D eigenvalue weighted by atomic mass is 35.5. The number of amides is 1. The number of hydrogen-bond donors (Lipinski definition) is 3. The fraction of sp³-hybridized carbons (Fsp3) is 0.214. The first-order valence-corrected chi connectivity index (χ1v) is 16.5. The van der Waals surface area contributed by atoms with E-state index in [4.69, 9.17) is 27.7 Å². The summed E-state index contributed by atoms with van der Waals surface area (Å²) in [5, 5.41) is 22.8. The molecule has 41 heavy (non-hydrogen) atoms. The highest BCUT2D eigenvalue weighted by Crippen LogP contribution is 2.61. The zero-order valence-electron chi connectivity index (χ0n) is 21.9. The van der Waals surface area contributed by atoms with Crippen LogP contribution in [0.4, 0.5) is 0 Å². The van der Waals surface area contributed by atoms with Gasteiger partial charge >= 0.3 is 5.97 Å². The Morgan fingerprint density at radius 3 is 2.29 bits per heavy atom. The van der Waals surface area contributed by atoms with Crippen LogP contribution in [0.1, 0.15) is 33.8 Å². The van der Waals surface area contributed by atoms with Gasteiger partial charge in [0, 0.05) is 36.3 Å². The molecule has 0 spiro atoms. The van der Waals surface area contributed by atoms with Crippen LogP contribution in [-0.2, 0) is 30.1 Å². The van der Waals surface area contributed by atoms with E-state index in [2.05, 4.69) is 5.32 Å². The van der Waals surface area contributed by atoms with Crippen LogP contribution in [0, 0.1) is 0 Å². The summed E-state index contributed by atoms with van der Waals surface area (Å²) in [7, 11) is -5.54. The SMILES string of the molecule is COP(=O)(C1=CC(c2cc(Cl)c(C(=O)N[C@@H](Cc3cccc(S(C)(=O)=O)c3)C(=O)O)c(Cl)c2)C1)c1cccc(O)c1. The molecule has 0 heterocycles. The predicted molar refractivity (Wildman–Crippen MR) is 156 cm³/mol. The third-order valence-electron chi connectivity index (χ3n) is 6.72. The normalized spacial score (nSPS) is 17.1. The van der Waals surface area contributed by atoms with Crippen LogP contribution in [0.2, 0.25) is 10.0 Å². The fourth-order valence-electron chi connectivity index (χ4n) is 4.51. The monoisotopic (exact) mass is 637 g/mol. The minimum Gasteiger partial charge on any atom is -0.508 e. The summed E-state index contributed by atoms with van der Waals surface area (Å²) in [6, 6.07) is 13.6. The molecule has 3 aromatic carbocycles. The molecule has 0 fully saturated rings. The molecule has 0 bridgehead atoms. The van der Waals surface area contributed by atoms with Crippen molar-refractivity contribution in [3.63, 3.8) is 0 Å². The van der Waals surface area contributed by atoms with Gasteiger partial charge in [-0.15, -0.1) is 0 Å². The highest BCUT2D eigenvalue weighted by Gasteiger charge is 2.38. The maximum atomic E-state index is 13.5. The van der Waals surface area contributed by atoms with E-state index in [1.54, 1.807) is 24.3 Å². The molecule has 0 aliphatic heterocycles.